The Morgan fingerprint density at radius 3 is 3.13 bits per heavy atom. The fourth-order valence-corrected chi connectivity index (χ4v) is 1.77. The Balaban J connectivity index is 2.35. The van der Waals surface area contributed by atoms with Gasteiger partial charge in [0.1, 0.15) is 5.75 Å². The van der Waals surface area contributed by atoms with Gasteiger partial charge in [-0.25, -0.2) is 0 Å². The molecule has 2 rings (SSSR count). The highest BCUT2D eigenvalue weighted by Crippen LogP contribution is 2.25. The lowest BCUT2D eigenvalue weighted by Crippen LogP contribution is -2.01. The minimum atomic E-state index is 0.205. The molecule has 1 aromatic rings. The van der Waals surface area contributed by atoms with Crippen LogP contribution in [0.4, 0.5) is 5.69 Å². The molecule has 0 saturated carbocycles. The highest BCUT2D eigenvalue weighted by Gasteiger charge is 2.15. The van der Waals surface area contributed by atoms with E-state index in [0.29, 0.717) is 13.0 Å². The summed E-state index contributed by atoms with van der Waals surface area (Å²) in [5, 5.41) is 3.25. The van der Waals surface area contributed by atoms with Gasteiger partial charge >= 0.3 is 0 Å². The van der Waals surface area contributed by atoms with Crippen LogP contribution in [0.2, 0.25) is 0 Å². The Morgan fingerprint density at radius 1 is 1.47 bits per heavy atom. The number of fused-ring (bicyclic) bond motifs is 1. The molecule has 0 fully saturated rings. The number of Topliss-reactive ketones (excluding diaryl/α,β-unsaturated/α-hetero) is 1. The number of benzene rings is 1. The summed E-state index contributed by atoms with van der Waals surface area (Å²) in [5.41, 5.74) is 1.69. The monoisotopic (exact) mass is 205 g/mol. The first kappa shape index (κ1) is 10.0. The number of carbonyl (C=O) groups is 1. The first-order valence-corrected chi connectivity index (χ1v) is 5.35. The van der Waals surface area contributed by atoms with Gasteiger partial charge in [-0.15, -0.1) is 0 Å². The first-order valence-electron chi connectivity index (χ1n) is 5.35. The normalized spacial score (nSPS) is 15.1. The molecule has 0 unspecified atom stereocenters. The number of nitrogens with one attached hydrogen (secondary N) is 1. The molecule has 0 spiro atoms. The van der Waals surface area contributed by atoms with Crippen LogP contribution in [0.25, 0.3) is 0 Å². The summed E-state index contributed by atoms with van der Waals surface area (Å²) in [7, 11) is 0. The summed E-state index contributed by atoms with van der Waals surface area (Å²) >= 11 is 0. The maximum Gasteiger partial charge on any atom is 0.165 e. The Morgan fingerprint density at radius 2 is 2.33 bits per heavy atom. The van der Waals surface area contributed by atoms with Crippen LogP contribution < -0.4 is 10.1 Å². The van der Waals surface area contributed by atoms with E-state index in [2.05, 4.69) is 5.32 Å². The van der Waals surface area contributed by atoms with Crippen LogP contribution in [0, 0.1) is 0 Å². The molecule has 1 aliphatic rings. The van der Waals surface area contributed by atoms with E-state index in [1.165, 1.54) is 0 Å². The molecule has 0 radical (unpaired) electrons. The number of rotatable bonds is 2. The Hall–Kier alpha value is -1.51. The van der Waals surface area contributed by atoms with E-state index in [9.17, 15) is 4.79 Å². The van der Waals surface area contributed by atoms with Crippen LogP contribution in [0.5, 0.6) is 5.75 Å². The zero-order valence-electron chi connectivity index (χ0n) is 8.88. The molecule has 0 amide bonds. The summed E-state index contributed by atoms with van der Waals surface area (Å²) in [6.45, 7) is 3.43. The molecular weight excluding hydrogens is 190 g/mol. The molecule has 1 N–H and O–H groups in total. The summed E-state index contributed by atoms with van der Waals surface area (Å²) in [6, 6.07) is 5.65. The number of hydrogen-bond acceptors (Lipinski definition) is 3. The number of ketones is 1. The van der Waals surface area contributed by atoms with Crippen LogP contribution in [0.1, 0.15) is 30.1 Å². The van der Waals surface area contributed by atoms with E-state index in [1.54, 1.807) is 0 Å². The summed E-state index contributed by atoms with van der Waals surface area (Å²) in [5.74, 6) is 0.977. The zero-order chi connectivity index (χ0) is 10.7. The van der Waals surface area contributed by atoms with Crippen LogP contribution >= 0.6 is 0 Å². The molecule has 0 aliphatic carbocycles. The van der Waals surface area contributed by atoms with Gasteiger partial charge < -0.3 is 10.1 Å². The van der Waals surface area contributed by atoms with E-state index in [0.717, 1.165) is 30.0 Å². The van der Waals surface area contributed by atoms with Crippen molar-refractivity contribution >= 4 is 11.5 Å². The number of hydrogen-bond donors (Lipinski definition) is 1. The maximum absolute atomic E-state index is 11.8. The SMILES string of the molecule is CCOc1ccc2c(c1)C(=O)CCCN2. The van der Waals surface area contributed by atoms with Crippen molar-refractivity contribution in [2.24, 2.45) is 0 Å². The van der Waals surface area contributed by atoms with Crippen molar-refractivity contribution in [1.82, 2.24) is 0 Å². The van der Waals surface area contributed by atoms with Crippen molar-refractivity contribution in [3.63, 3.8) is 0 Å². The van der Waals surface area contributed by atoms with E-state index in [-0.39, 0.29) is 5.78 Å². The Bertz CT molecular complexity index is 374. The van der Waals surface area contributed by atoms with Crippen LogP contribution in [-0.2, 0) is 0 Å². The molecule has 1 aliphatic heterocycles. The first-order chi connectivity index (χ1) is 7.31. The zero-order valence-corrected chi connectivity index (χ0v) is 8.88. The third-order valence-electron chi connectivity index (χ3n) is 2.50. The van der Waals surface area contributed by atoms with Gasteiger partial charge in [0.05, 0.1) is 6.61 Å². The summed E-state index contributed by atoms with van der Waals surface area (Å²) in [4.78, 5) is 11.8. The van der Waals surface area contributed by atoms with Gasteiger partial charge in [-0.3, -0.25) is 4.79 Å². The molecule has 3 heteroatoms. The third-order valence-corrected chi connectivity index (χ3v) is 2.50. The molecule has 1 aromatic carbocycles. The fourth-order valence-electron chi connectivity index (χ4n) is 1.77. The van der Waals surface area contributed by atoms with Gasteiger partial charge in [-0.1, -0.05) is 0 Å². The average Bonchev–Trinajstić information content (AvgIpc) is 2.42. The highest BCUT2D eigenvalue weighted by molar-refractivity contribution is 6.02. The fraction of sp³-hybridized carbons (Fsp3) is 0.417. The van der Waals surface area contributed by atoms with Crippen molar-refractivity contribution in [3.8, 4) is 5.75 Å². The van der Waals surface area contributed by atoms with E-state index in [4.69, 9.17) is 4.74 Å². The Kier molecular flexibility index (Phi) is 2.90. The average molecular weight is 205 g/mol. The molecular formula is C12H15NO2. The second-order valence-electron chi connectivity index (χ2n) is 3.59. The quantitative estimate of drug-likeness (QED) is 0.806. The van der Waals surface area contributed by atoms with Crippen molar-refractivity contribution < 1.29 is 9.53 Å². The van der Waals surface area contributed by atoms with Crippen LogP contribution in [0.15, 0.2) is 18.2 Å². The van der Waals surface area contributed by atoms with Gasteiger partial charge in [0.25, 0.3) is 0 Å². The van der Waals surface area contributed by atoms with Gasteiger partial charge in [0.2, 0.25) is 0 Å². The molecule has 0 saturated heterocycles. The third kappa shape index (κ3) is 2.12. The topological polar surface area (TPSA) is 38.3 Å². The van der Waals surface area contributed by atoms with Crippen molar-refractivity contribution in [3.05, 3.63) is 23.8 Å². The van der Waals surface area contributed by atoms with E-state index in [1.807, 2.05) is 25.1 Å². The predicted molar refractivity (Wildman–Crippen MR) is 59.7 cm³/mol. The number of carbonyl (C=O) groups excluding carboxylic acids is 1. The van der Waals surface area contributed by atoms with E-state index >= 15 is 0 Å². The lowest BCUT2D eigenvalue weighted by Gasteiger charge is -2.09. The molecule has 0 bridgehead atoms. The van der Waals surface area contributed by atoms with Crippen LogP contribution in [0.3, 0.4) is 0 Å². The molecule has 80 valence electrons. The smallest absolute Gasteiger partial charge is 0.165 e. The summed E-state index contributed by atoms with van der Waals surface area (Å²) < 4.78 is 5.38. The Labute approximate surface area is 89.4 Å². The van der Waals surface area contributed by atoms with Gasteiger partial charge in [0, 0.05) is 24.2 Å². The second kappa shape index (κ2) is 4.34. The highest BCUT2D eigenvalue weighted by atomic mass is 16.5. The summed E-state index contributed by atoms with van der Waals surface area (Å²) in [6.07, 6.45) is 1.52. The lowest BCUT2D eigenvalue weighted by molar-refractivity contribution is 0.0983. The minimum absolute atomic E-state index is 0.205. The second-order valence-corrected chi connectivity index (χ2v) is 3.59. The van der Waals surface area contributed by atoms with Gasteiger partial charge in [0.15, 0.2) is 5.78 Å². The minimum Gasteiger partial charge on any atom is -0.494 e. The van der Waals surface area contributed by atoms with Crippen molar-refractivity contribution in [1.29, 1.82) is 0 Å². The van der Waals surface area contributed by atoms with Crippen molar-refractivity contribution in [2.75, 3.05) is 18.5 Å². The molecule has 3 nitrogen and oxygen atoms in total. The number of anilines is 1. The molecule has 1 heterocycles. The molecule has 15 heavy (non-hydrogen) atoms. The maximum atomic E-state index is 11.8. The molecule has 0 aromatic heterocycles. The largest absolute Gasteiger partial charge is 0.494 e. The standard InChI is InChI=1S/C12H15NO2/c1-2-15-9-5-6-11-10(8-9)12(14)4-3-7-13-11/h5-6,8,13H,2-4,7H2,1H3. The number of ether oxygens (including phenoxy) is 1. The van der Waals surface area contributed by atoms with Crippen molar-refractivity contribution in [2.45, 2.75) is 19.8 Å². The van der Waals surface area contributed by atoms with E-state index < -0.39 is 0 Å². The van der Waals surface area contributed by atoms with Gasteiger partial charge in [-0.2, -0.15) is 0 Å². The van der Waals surface area contributed by atoms with Gasteiger partial charge in [-0.05, 0) is 31.5 Å². The predicted octanol–water partition coefficient (Wildman–Crippen LogP) is 2.47. The lowest BCUT2D eigenvalue weighted by atomic mass is 10.1. The molecule has 0 atom stereocenters. The van der Waals surface area contributed by atoms with Crippen LogP contribution in [-0.4, -0.2) is 18.9 Å².